The molecule has 1 unspecified atom stereocenters. The molecule has 0 aliphatic heterocycles. The van der Waals surface area contributed by atoms with Crippen LogP contribution in [0.1, 0.15) is 35.6 Å². The van der Waals surface area contributed by atoms with E-state index in [-0.39, 0.29) is 6.10 Å². The average Bonchev–Trinajstić information content (AvgIpc) is 2.48. The third kappa shape index (κ3) is 2.33. The summed E-state index contributed by atoms with van der Waals surface area (Å²) in [5.41, 5.74) is 9.41. The van der Waals surface area contributed by atoms with Crippen molar-refractivity contribution in [3.05, 3.63) is 59.2 Å². The van der Waals surface area contributed by atoms with E-state index in [4.69, 9.17) is 15.7 Å². The molecule has 1 atom stereocenters. The fourth-order valence-electron chi connectivity index (χ4n) is 2.71. The molecule has 0 amide bonds. The van der Waals surface area contributed by atoms with Gasteiger partial charge in [0.1, 0.15) is 17.9 Å². The van der Waals surface area contributed by atoms with E-state index in [0.29, 0.717) is 11.3 Å². The molecule has 0 aromatic heterocycles. The Morgan fingerprint density at radius 1 is 1.20 bits per heavy atom. The van der Waals surface area contributed by atoms with Crippen molar-refractivity contribution in [1.82, 2.24) is 0 Å². The van der Waals surface area contributed by atoms with Crippen LogP contribution >= 0.6 is 0 Å². The van der Waals surface area contributed by atoms with E-state index in [1.165, 1.54) is 11.1 Å². The van der Waals surface area contributed by atoms with Crippen LogP contribution in [-0.2, 0) is 6.42 Å². The van der Waals surface area contributed by atoms with Crippen molar-refractivity contribution in [3.63, 3.8) is 0 Å². The van der Waals surface area contributed by atoms with Gasteiger partial charge >= 0.3 is 0 Å². The first-order chi connectivity index (χ1) is 9.78. The lowest BCUT2D eigenvalue weighted by molar-refractivity contribution is 0.183. The lowest BCUT2D eigenvalue weighted by Gasteiger charge is -2.26. The zero-order valence-electron chi connectivity index (χ0n) is 11.2. The normalized spacial score (nSPS) is 17.1. The molecule has 0 spiro atoms. The number of rotatable bonds is 2. The molecule has 1 aliphatic carbocycles. The van der Waals surface area contributed by atoms with Crippen molar-refractivity contribution in [2.75, 3.05) is 5.73 Å². The van der Waals surface area contributed by atoms with Gasteiger partial charge in [0.05, 0.1) is 11.3 Å². The van der Waals surface area contributed by atoms with Gasteiger partial charge in [0, 0.05) is 6.07 Å². The summed E-state index contributed by atoms with van der Waals surface area (Å²) < 4.78 is 6.07. The Morgan fingerprint density at radius 2 is 2.05 bits per heavy atom. The summed E-state index contributed by atoms with van der Waals surface area (Å²) in [6.45, 7) is 0. The van der Waals surface area contributed by atoms with Crippen LogP contribution in [0.3, 0.4) is 0 Å². The molecule has 0 saturated carbocycles. The molecule has 3 nitrogen and oxygen atoms in total. The molecular formula is C17H16N2O. The SMILES string of the molecule is N#Cc1ccc(OC2CCCc3ccccc32)cc1N. The number of nitrogens with zero attached hydrogens (tertiary/aromatic N) is 1. The quantitative estimate of drug-likeness (QED) is 0.843. The van der Waals surface area contributed by atoms with E-state index >= 15 is 0 Å². The van der Waals surface area contributed by atoms with Gasteiger partial charge in [0.2, 0.25) is 0 Å². The van der Waals surface area contributed by atoms with E-state index in [1.807, 2.05) is 12.1 Å². The minimum Gasteiger partial charge on any atom is -0.486 e. The Kier molecular flexibility index (Phi) is 3.30. The van der Waals surface area contributed by atoms with E-state index in [2.05, 4.69) is 24.3 Å². The smallest absolute Gasteiger partial charge is 0.124 e. The van der Waals surface area contributed by atoms with Crippen molar-refractivity contribution in [3.8, 4) is 11.8 Å². The molecule has 0 heterocycles. The standard InChI is InChI=1S/C17H16N2O/c18-11-13-8-9-14(10-16(13)19)20-17-7-3-5-12-4-1-2-6-15(12)17/h1-2,4,6,8-10,17H,3,5,7,19H2. The van der Waals surface area contributed by atoms with Crippen LogP contribution in [0.4, 0.5) is 5.69 Å². The molecule has 0 fully saturated rings. The first-order valence-corrected chi connectivity index (χ1v) is 6.82. The third-order valence-electron chi connectivity index (χ3n) is 3.74. The van der Waals surface area contributed by atoms with Crippen LogP contribution < -0.4 is 10.5 Å². The summed E-state index contributed by atoms with van der Waals surface area (Å²) in [7, 11) is 0. The summed E-state index contributed by atoms with van der Waals surface area (Å²) in [6.07, 6.45) is 3.34. The Labute approximate surface area is 118 Å². The van der Waals surface area contributed by atoms with Gasteiger partial charge in [-0.15, -0.1) is 0 Å². The number of aryl methyl sites for hydroxylation is 1. The Hall–Kier alpha value is -2.47. The number of nitriles is 1. The van der Waals surface area contributed by atoms with E-state index in [9.17, 15) is 0 Å². The molecule has 2 aromatic rings. The van der Waals surface area contributed by atoms with Crippen LogP contribution in [0.2, 0.25) is 0 Å². The number of fused-ring (bicyclic) bond motifs is 1. The number of anilines is 1. The van der Waals surface area contributed by atoms with Crippen LogP contribution in [0.15, 0.2) is 42.5 Å². The maximum atomic E-state index is 8.89. The van der Waals surface area contributed by atoms with Crippen molar-refractivity contribution < 1.29 is 4.74 Å². The second kappa shape index (κ2) is 5.26. The predicted molar refractivity (Wildman–Crippen MR) is 78.3 cm³/mol. The first kappa shape index (κ1) is 12.6. The number of nitrogens with two attached hydrogens (primary N) is 1. The molecule has 2 N–H and O–H groups in total. The van der Waals surface area contributed by atoms with E-state index < -0.39 is 0 Å². The molecule has 0 saturated heterocycles. The van der Waals surface area contributed by atoms with Crippen LogP contribution in [0, 0.1) is 11.3 Å². The minimum absolute atomic E-state index is 0.0762. The highest BCUT2D eigenvalue weighted by Gasteiger charge is 2.21. The fraction of sp³-hybridized carbons (Fsp3) is 0.235. The molecule has 2 aromatic carbocycles. The second-order valence-electron chi connectivity index (χ2n) is 5.06. The molecule has 0 radical (unpaired) electrons. The Balaban J connectivity index is 1.86. The lowest BCUT2D eigenvalue weighted by atomic mass is 9.89. The number of nitrogen functional groups attached to an aromatic ring is 1. The van der Waals surface area contributed by atoms with Crippen molar-refractivity contribution in [2.24, 2.45) is 0 Å². The second-order valence-corrected chi connectivity index (χ2v) is 5.06. The first-order valence-electron chi connectivity index (χ1n) is 6.82. The molecule has 20 heavy (non-hydrogen) atoms. The highest BCUT2D eigenvalue weighted by atomic mass is 16.5. The van der Waals surface area contributed by atoms with Crippen molar-refractivity contribution in [2.45, 2.75) is 25.4 Å². The molecule has 1 aliphatic rings. The van der Waals surface area contributed by atoms with Gasteiger partial charge < -0.3 is 10.5 Å². The summed E-state index contributed by atoms with van der Waals surface area (Å²) in [5, 5.41) is 8.89. The average molecular weight is 264 g/mol. The number of benzene rings is 2. The van der Waals surface area contributed by atoms with Gasteiger partial charge in [-0.3, -0.25) is 0 Å². The van der Waals surface area contributed by atoms with Gasteiger partial charge in [0.25, 0.3) is 0 Å². The maximum absolute atomic E-state index is 8.89. The maximum Gasteiger partial charge on any atom is 0.124 e. The molecular weight excluding hydrogens is 248 g/mol. The summed E-state index contributed by atoms with van der Waals surface area (Å²) in [5.74, 6) is 0.725. The predicted octanol–water partition coefficient (Wildman–Crippen LogP) is 3.60. The largest absolute Gasteiger partial charge is 0.486 e. The highest BCUT2D eigenvalue weighted by Crippen LogP contribution is 2.34. The van der Waals surface area contributed by atoms with Gasteiger partial charge in [-0.25, -0.2) is 0 Å². The summed E-state index contributed by atoms with van der Waals surface area (Å²) >= 11 is 0. The summed E-state index contributed by atoms with van der Waals surface area (Å²) in [4.78, 5) is 0. The van der Waals surface area contributed by atoms with Crippen LogP contribution in [-0.4, -0.2) is 0 Å². The van der Waals surface area contributed by atoms with E-state index in [1.54, 1.807) is 12.1 Å². The van der Waals surface area contributed by atoms with Gasteiger partial charge in [-0.2, -0.15) is 5.26 Å². The van der Waals surface area contributed by atoms with Crippen molar-refractivity contribution in [1.29, 1.82) is 5.26 Å². The molecule has 0 bridgehead atoms. The topological polar surface area (TPSA) is 59.0 Å². The minimum atomic E-state index is 0.0762. The number of hydrogen-bond acceptors (Lipinski definition) is 3. The number of ether oxygens (including phenoxy) is 1. The monoisotopic (exact) mass is 264 g/mol. The van der Waals surface area contributed by atoms with Gasteiger partial charge in [0.15, 0.2) is 0 Å². The van der Waals surface area contributed by atoms with Gasteiger partial charge in [-0.05, 0) is 42.5 Å². The Morgan fingerprint density at radius 3 is 2.85 bits per heavy atom. The molecule has 3 rings (SSSR count). The lowest BCUT2D eigenvalue weighted by Crippen LogP contribution is -2.15. The highest BCUT2D eigenvalue weighted by molar-refractivity contribution is 5.57. The summed E-state index contributed by atoms with van der Waals surface area (Å²) in [6, 6.07) is 15.7. The zero-order valence-corrected chi connectivity index (χ0v) is 11.2. The Bertz CT molecular complexity index is 673. The van der Waals surface area contributed by atoms with Crippen molar-refractivity contribution >= 4 is 5.69 Å². The fourth-order valence-corrected chi connectivity index (χ4v) is 2.71. The van der Waals surface area contributed by atoms with E-state index in [0.717, 1.165) is 25.0 Å². The van der Waals surface area contributed by atoms with Crippen LogP contribution in [0.5, 0.6) is 5.75 Å². The zero-order chi connectivity index (χ0) is 13.9. The molecule has 3 heteroatoms. The van der Waals surface area contributed by atoms with Crippen LogP contribution in [0.25, 0.3) is 0 Å². The van der Waals surface area contributed by atoms with Gasteiger partial charge in [-0.1, -0.05) is 24.3 Å². The number of hydrogen-bond donors (Lipinski definition) is 1. The third-order valence-corrected chi connectivity index (χ3v) is 3.74. The molecule has 100 valence electrons.